The van der Waals surface area contributed by atoms with Crippen LogP contribution in [0.3, 0.4) is 0 Å². The average molecular weight is 404 g/mol. The van der Waals surface area contributed by atoms with E-state index in [0.717, 1.165) is 9.98 Å². The maximum absolute atomic E-state index is 6.10. The van der Waals surface area contributed by atoms with Crippen LogP contribution in [0, 0.1) is 0 Å². The Morgan fingerprint density at radius 1 is 1.20 bits per heavy atom. The molecule has 0 aliphatic heterocycles. The fraction of sp³-hybridized carbons (Fsp3) is 0.455. The zero-order chi connectivity index (χ0) is 14.3. The van der Waals surface area contributed by atoms with E-state index in [-0.39, 0.29) is 17.4 Å². The predicted octanol–water partition coefficient (Wildman–Crippen LogP) is 5.69. The third-order valence-electron chi connectivity index (χ3n) is 1.89. The molecule has 0 saturated heterocycles. The first-order chi connectivity index (χ1) is 9.00. The van der Waals surface area contributed by atoms with Crippen LogP contribution in [0.25, 0.3) is 0 Å². The minimum absolute atomic E-state index is 0. The number of thioether (sulfide) groups is 1. The second-order valence-electron chi connectivity index (χ2n) is 3.25. The number of hydrogen-bond acceptors (Lipinski definition) is 5. The number of halogens is 2. The summed E-state index contributed by atoms with van der Waals surface area (Å²) in [4.78, 5) is 0.941. The van der Waals surface area contributed by atoms with E-state index in [4.69, 9.17) is 44.1 Å². The van der Waals surface area contributed by atoms with Crippen molar-refractivity contribution in [3.63, 3.8) is 0 Å². The first kappa shape index (κ1) is 21.6. The summed E-state index contributed by atoms with van der Waals surface area (Å²) in [7, 11) is 0. The Labute approximate surface area is 154 Å². The molecule has 1 rings (SSSR count). The van der Waals surface area contributed by atoms with Crippen LogP contribution in [0.1, 0.15) is 13.8 Å². The summed E-state index contributed by atoms with van der Waals surface area (Å²) >= 11 is 20.6. The lowest BCUT2D eigenvalue weighted by molar-refractivity contribution is 0.280. The van der Waals surface area contributed by atoms with Crippen molar-refractivity contribution >= 4 is 81.2 Å². The molecule has 0 amide bonds. The van der Waals surface area contributed by atoms with Gasteiger partial charge in [0.15, 0.2) is 0 Å². The minimum Gasteiger partial charge on any atom is -0.322 e. The van der Waals surface area contributed by atoms with E-state index in [0.29, 0.717) is 23.3 Å². The SMILES string of the molecule is CCOP(=S)(OCC)SCSc1cc(Cl)ccc1Cl.[Al]. The van der Waals surface area contributed by atoms with Gasteiger partial charge in [-0.3, -0.25) is 0 Å². The highest BCUT2D eigenvalue weighted by Gasteiger charge is 2.18. The third-order valence-corrected chi connectivity index (χ3v) is 9.69. The lowest BCUT2D eigenvalue weighted by atomic mass is 10.4. The molecule has 0 N–H and O–H groups in total. The van der Waals surface area contributed by atoms with Gasteiger partial charge in [-0.25, -0.2) is 0 Å². The Morgan fingerprint density at radius 3 is 2.35 bits per heavy atom. The quantitative estimate of drug-likeness (QED) is 0.239. The van der Waals surface area contributed by atoms with Crippen molar-refractivity contribution in [2.45, 2.75) is 18.7 Å². The largest absolute Gasteiger partial charge is 0.322 e. The maximum atomic E-state index is 6.10. The Kier molecular flexibility index (Phi) is 12.1. The summed E-state index contributed by atoms with van der Waals surface area (Å²) in [5, 5.41) is 2.08. The van der Waals surface area contributed by atoms with Crippen molar-refractivity contribution in [3.05, 3.63) is 28.2 Å². The van der Waals surface area contributed by atoms with Crippen LogP contribution in [0.5, 0.6) is 0 Å². The molecule has 0 spiro atoms. The van der Waals surface area contributed by atoms with Crippen LogP contribution in [-0.2, 0) is 20.9 Å². The van der Waals surface area contributed by atoms with Gasteiger partial charge < -0.3 is 9.05 Å². The molecular weight excluding hydrogens is 389 g/mol. The van der Waals surface area contributed by atoms with Crippen molar-refractivity contribution in [2.24, 2.45) is 0 Å². The first-order valence-electron chi connectivity index (χ1n) is 5.62. The molecule has 0 saturated carbocycles. The summed E-state index contributed by atoms with van der Waals surface area (Å²) in [6.07, 6.45) is 0. The Balaban J connectivity index is 0.00000361. The van der Waals surface area contributed by atoms with E-state index in [2.05, 4.69) is 0 Å². The van der Waals surface area contributed by atoms with E-state index >= 15 is 0 Å². The van der Waals surface area contributed by atoms with Crippen LogP contribution in [0.15, 0.2) is 23.1 Å². The molecule has 0 aliphatic carbocycles. The van der Waals surface area contributed by atoms with E-state index in [1.54, 1.807) is 23.9 Å². The highest BCUT2D eigenvalue weighted by molar-refractivity contribution is 8.69. The van der Waals surface area contributed by atoms with Crippen LogP contribution < -0.4 is 0 Å². The van der Waals surface area contributed by atoms with Crippen molar-refractivity contribution in [1.82, 2.24) is 0 Å². The molecule has 20 heavy (non-hydrogen) atoms. The first-order valence-corrected chi connectivity index (χ1v) is 11.6. The van der Waals surface area contributed by atoms with Crippen LogP contribution in [0.4, 0.5) is 0 Å². The summed E-state index contributed by atoms with van der Waals surface area (Å²) in [6.45, 7) is 4.96. The van der Waals surface area contributed by atoms with Crippen molar-refractivity contribution in [3.8, 4) is 0 Å². The van der Waals surface area contributed by atoms with E-state index in [9.17, 15) is 0 Å². The second-order valence-corrected chi connectivity index (χ2v) is 11.8. The molecule has 1 aromatic carbocycles. The summed E-state index contributed by atoms with van der Waals surface area (Å²) < 4.78 is 11.1. The van der Waals surface area contributed by atoms with Gasteiger partial charge in [0, 0.05) is 27.3 Å². The molecule has 3 radical (unpaired) electrons. The highest BCUT2D eigenvalue weighted by atomic mass is 35.5. The van der Waals surface area contributed by atoms with Gasteiger partial charge in [0.25, 0.3) is 0 Å². The molecular formula is C11H15AlCl2O2PS3. The van der Waals surface area contributed by atoms with Crippen molar-refractivity contribution < 1.29 is 9.05 Å². The lowest BCUT2D eigenvalue weighted by Gasteiger charge is -2.19. The second kappa shape index (κ2) is 11.2. The van der Waals surface area contributed by atoms with Gasteiger partial charge in [-0.15, -0.1) is 11.8 Å². The third kappa shape index (κ3) is 7.74. The molecule has 0 aromatic heterocycles. The number of benzene rings is 1. The molecule has 0 aliphatic rings. The molecule has 0 unspecified atom stereocenters. The summed E-state index contributed by atoms with van der Waals surface area (Å²) in [5.41, 5.74) is -2.23. The molecule has 0 fully saturated rings. The Hall–Kier alpha value is 1.60. The molecule has 2 nitrogen and oxygen atoms in total. The monoisotopic (exact) mass is 403 g/mol. The van der Waals surface area contributed by atoms with Gasteiger partial charge in [0.05, 0.1) is 23.3 Å². The molecule has 0 bridgehead atoms. The Bertz CT molecular complexity index is 455. The van der Waals surface area contributed by atoms with Crippen LogP contribution in [0.2, 0.25) is 10.0 Å². The highest BCUT2D eigenvalue weighted by Crippen LogP contribution is 2.62. The zero-order valence-electron chi connectivity index (χ0n) is 11.2. The normalized spacial score (nSPS) is 11.2. The molecule has 0 heterocycles. The fourth-order valence-corrected chi connectivity index (χ4v) is 8.71. The standard InChI is InChI=1S/C11H15Cl2O2PS3.Al/c1-3-14-16(17,15-4-2)19-8-18-11-7-9(12)5-6-10(11)13;/h5-7H,3-4,8H2,1-2H3;. The zero-order valence-corrected chi connectivity index (χ0v) is 17.2. The number of hydrogen-bond donors (Lipinski definition) is 0. The van der Waals surface area contributed by atoms with Crippen LogP contribution in [-0.4, -0.2) is 35.7 Å². The van der Waals surface area contributed by atoms with Gasteiger partial charge in [-0.1, -0.05) is 34.6 Å². The lowest BCUT2D eigenvalue weighted by Crippen LogP contribution is -1.92. The molecule has 0 atom stereocenters. The molecule has 9 heteroatoms. The smallest absolute Gasteiger partial charge is 0.248 e. The summed E-state index contributed by atoms with van der Waals surface area (Å²) in [5.74, 6) is 0. The average Bonchev–Trinajstić information content (AvgIpc) is 2.34. The topological polar surface area (TPSA) is 18.5 Å². The predicted molar refractivity (Wildman–Crippen MR) is 98.1 cm³/mol. The summed E-state index contributed by atoms with van der Waals surface area (Å²) in [6, 6.07) is 5.41. The Morgan fingerprint density at radius 2 is 1.80 bits per heavy atom. The maximum Gasteiger partial charge on any atom is 0.248 e. The van der Waals surface area contributed by atoms with Gasteiger partial charge in [0.2, 0.25) is 5.69 Å². The molecule has 111 valence electrons. The van der Waals surface area contributed by atoms with E-state index < -0.39 is 5.69 Å². The van der Waals surface area contributed by atoms with E-state index in [1.807, 2.05) is 19.9 Å². The minimum atomic E-state index is -2.23. The van der Waals surface area contributed by atoms with Gasteiger partial charge in [0.1, 0.15) is 0 Å². The van der Waals surface area contributed by atoms with Crippen molar-refractivity contribution in [2.75, 3.05) is 18.3 Å². The fourth-order valence-electron chi connectivity index (χ4n) is 1.17. The molecule has 1 aromatic rings. The van der Waals surface area contributed by atoms with E-state index in [1.165, 1.54) is 11.4 Å². The van der Waals surface area contributed by atoms with Gasteiger partial charge in [-0.05, 0) is 43.9 Å². The van der Waals surface area contributed by atoms with Gasteiger partial charge >= 0.3 is 0 Å². The van der Waals surface area contributed by atoms with Crippen LogP contribution >= 0.6 is 52.0 Å². The van der Waals surface area contributed by atoms with Crippen molar-refractivity contribution in [1.29, 1.82) is 0 Å². The number of rotatable bonds is 8. The van der Waals surface area contributed by atoms with Gasteiger partial charge in [-0.2, -0.15) is 0 Å².